The van der Waals surface area contributed by atoms with Gasteiger partial charge in [0.05, 0.1) is 0 Å². The van der Waals surface area contributed by atoms with E-state index in [2.05, 4.69) is 56.4 Å². The lowest BCUT2D eigenvalue weighted by Crippen LogP contribution is -2.43. The highest BCUT2D eigenvalue weighted by molar-refractivity contribution is 5.50. The van der Waals surface area contributed by atoms with Crippen LogP contribution in [-0.2, 0) is 0 Å². The molecule has 20 heavy (non-hydrogen) atoms. The van der Waals surface area contributed by atoms with Crippen LogP contribution in [-0.4, -0.2) is 26.7 Å². The molecular weight excluding hydrogens is 244 g/mol. The van der Waals surface area contributed by atoms with Crippen LogP contribution in [0.4, 0.5) is 5.69 Å². The van der Waals surface area contributed by atoms with Gasteiger partial charge in [-0.25, -0.2) is 0 Å². The number of rotatable bonds is 5. The van der Waals surface area contributed by atoms with Crippen LogP contribution in [0.1, 0.15) is 43.2 Å². The van der Waals surface area contributed by atoms with Gasteiger partial charge >= 0.3 is 0 Å². The van der Waals surface area contributed by atoms with Crippen molar-refractivity contribution in [3.8, 4) is 0 Å². The molecule has 1 aliphatic rings. The maximum absolute atomic E-state index is 3.56. The molecule has 0 saturated heterocycles. The average molecular weight is 274 g/mol. The minimum absolute atomic E-state index is 0.612. The molecule has 0 aliphatic heterocycles. The number of nitrogens with one attached hydrogen (secondary N) is 1. The van der Waals surface area contributed by atoms with Gasteiger partial charge in [0.15, 0.2) is 0 Å². The molecule has 1 N–H and O–H groups in total. The monoisotopic (exact) mass is 274 g/mol. The van der Waals surface area contributed by atoms with Crippen molar-refractivity contribution < 1.29 is 0 Å². The van der Waals surface area contributed by atoms with Crippen molar-refractivity contribution in [2.24, 2.45) is 5.92 Å². The predicted molar refractivity (Wildman–Crippen MR) is 88.6 cm³/mol. The van der Waals surface area contributed by atoms with Gasteiger partial charge in [0, 0.05) is 25.3 Å². The quantitative estimate of drug-likeness (QED) is 0.876. The van der Waals surface area contributed by atoms with E-state index < -0.39 is 0 Å². The van der Waals surface area contributed by atoms with Crippen LogP contribution >= 0.6 is 0 Å². The normalized spacial score (nSPS) is 18.0. The predicted octanol–water partition coefficient (Wildman–Crippen LogP) is 3.91. The first kappa shape index (κ1) is 15.4. The summed E-state index contributed by atoms with van der Waals surface area (Å²) >= 11 is 0. The molecule has 0 spiro atoms. The summed E-state index contributed by atoms with van der Waals surface area (Å²) in [5, 5.41) is 3.56. The number of anilines is 1. The Hall–Kier alpha value is -1.02. The standard InChI is InChI=1S/C18H30N2/c1-14-10-15(2)12-17(11-14)20(4)13-18(19-3)16-8-6-5-7-9-16/h10-12,16,18-19H,5-9,13H2,1-4H3. The molecule has 1 atom stereocenters. The van der Waals surface area contributed by atoms with Gasteiger partial charge in [0.25, 0.3) is 0 Å². The molecule has 0 bridgehead atoms. The van der Waals surface area contributed by atoms with E-state index in [1.807, 2.05) is 0 Å². The van der Waals surface area contributed by atoms with E-state index in [-0.39, 0.29) is 0 Å². The number of nitrogens with zero attached hydrogens (tertiary/aromatic N) is 1. The van der Waals surface area contributed by atoms with Crippen LogP contribution < -0.4 is 10.2 Å². The Labute approximate surface area is 124 Å². The zero-order chi connectivity index (χ0) is 14.5. The summed E-state index contributed by atoms with van der Waals surface area (Å²) in [5.41, 5.74) is 4.05. The second kappa shape index (κ2) is 7.12. The van der Waals surface area contributed by atoms with Gasteiger partial charge in [0.1, 0.15) is 0 Å². The third-order valence-corrected chi connectivity index (χ3v) is 4.71. The summed E-state index contributed by atoms with van der Waals surface area (Å²) in [6.45, 7) is 5.46. The Kier molecular flexibility index (Phi) is 5.47. The number of likely N-dealkylation sites (N-methyl/N-ethyl adjacent to an activating group) is 2. The second-order valence-corrected chi connectivity index (χ2v) is 6.52. The van der Waals surface area contributed by atoms with E-state index in [0.717, 1.165) is 12.5 Å². The van der Waals surface area contributed by atoms with Crippen molar-refractivity contribution in [1.29, 1.82) is 0 Å². The van der Waals surface area contributed by atoms with E-state index in [4.69, 9.17) is 0 Å². The first-order valence-electron chi connectivity index (χ1n) is 8.07. The number of hydrogen-bond donors (Lipinski definition) is 1. The summed E-state index contributed by atoms with van der Waals surface area (Å²) in [4.78, 5) is 2.41. The lowest BCUT2D eigenvalue weighted by atomic mass is 9.83. The Morgan fingerprint density at radius 2 is 1.70 bits per heavy atom. The fourth-order valence-electron chi connectivity index (χ4n) is 3.58. The summed E-state index contributed by atoms with van der Waals surface area (Å²) < 4.78 is 0. The molecule has 0 radical (unpaired) electrons. The summed E-state index contributed by atoms with van der Waals surface area (Å²) in [7, 11) is 4.34. The Morgan fingerprint density at radius 3 is 2.25 bits per heavy atom. The molecule has 2 rings (SSSR count). The van der Waals surface area contributed by atoms with Crippen LogP contribution in [0, 0.1) is 19.8 Å². The minimum Gasteiger partial charge on any atom is -0.373 e. The third kappa shape index (κ3) is 3.99. The van der Waals surface area contributed by atoms with E-state index in [0.29, 0.717) is 6.04 Å². The minimum atomic E-state index is 0.612. The van der Waals surface area contributed by atoms with Crippen LogP contribution in [0.5, 0.6) is 0 Å². The molecule has 1 aliphatic carbocycles. The average Bonchev–Trinajstić information content (AvgIpc) is 2.44. The van der Waals surface area contributed by atoms with E-state index in [1.54, 1.807) is 0 Å². The molecule has 0 amide bonds. The van der Waals surface area contributed by atoms with Gasteiger partial charge in [-0.3, -0.25) is 0 Å². The largest absolute Gasteiger partial charge is 0.373 e. The molecule has 0 aromatic heterocycles. The van der Waals surface area contributed by atoms with Gasteiger partial charge in [-0.2, -0.15) is 0 Å². The van der Waals surface area contributed by atoms with E-state index >= 15 is 0 Å². The van der Waals surface area contributed by atoms with Crippen LogP contribution in [0.25, 0.3) is 0 Å². The number of aryl methyl sites for hydroxylation is 2. The first-order valence-corrected chi connectivity index (χ1v) is 8.07. The first-order chi connectivity index (χ1) is 9.60. The maximum atomic E-state index is 3.56. The van der Waals surface area contributed by atoms with Gasteiger partial charge in [-0.15, -0.1) is 0 Å². The Bertz CT molecular complexity index is 401. The van der Waals surface area contributed by atoms with Crippen LogP contribution in [0.3, 0.4) is 0 Å². The molecule has 2 nitrogen and oxygen atoms in total. The van der Waals surface area contributed by atoms with Gasteiger partial charge in [-0.1, -0.05) is 25.3 Å². The van der Waals surface area contributed by atoms with Crippen molar-refractivity contribution >= 4 is 5.69 Å². The van der Waals surface area contributed by atoms with Gasteiger partial charge < -0.3 is 10.2 Å². The third-order valence-electron chi connectivity index (χ3n) is 4.71. The molecule has 112 valence electrons. The van der Waals surface area contributed by atoms with Crippen molar-refractivity contribution in [3.63, 3.8) is 0 Å². The van der Waals surface area contributed by atoms with Crippen LogP contribution in [0.2, 0.25) is 0 Å². The second-order valence-electron chi connectivity index (χ2n) is 6.52. The number of hydrogen-bond acceptors (Lipinski definition) is 2. The zero-order valence-corrected chi connectivity index (χ0v) is 13.6. The maximum Gasteiger partial charge on any atom is 0.0369 e. The Morgan fingerprint density at radius 1 is 1.10 bits per heavy atom. The smallest absolute Gasteiger partial charge is 0.0369 e. The Balaban J connectivity index is 2.02. The van der Waals surface area contributed by atoms with E-state index in [1.165, 1.54) is 48.9 Å². The molecule has 1 saturated carbocycles. The van der Waals surface area contributed by atoms with Crippen molar-refractivity contribution in [2.45, 2.75) is 52.0 Å². The molecule has 1 aromatic rings. The fraction of sp³-hybridized carbons (Fsp3) is 0.667. The summed E-state index contributed by atoms with van der Waals surface area (Å²) in [5.74, 6) is 0.849. The summed E-state index contributed by atoms with van der Waals surface area (Å²) in [6, 6.07) is 7.44. The molecule has 1 fully saturated rings. The molecule has 1 aromatic carbocycles. The van der Waals surface area contributed by atoms with Crippen molar-refractivity contribution in [3.05, 3.63) is 29.3 Å². The van der Waals surface area contributed by atoms with Crippen molar-refractivity contribution in [2.75, 3.05) is 25.5 Å². The molecular formula is C18H30N2. The molecule has 0 heterocycles. The van der Waals surface area contributed by atoms with Crippen LogP contribution in [0.15, 0.2) is 18.2 Å². The number of benzene rings is 1. The highest BCUT2D eigenvalue weighted by Crippen LogP contribution is 2.27. The molecule has 1 unspecified atom stereocenters. The lowest BCUT2D eigenvalue weighted by molar-refractivity contribution is 0.280. The van der Waals surface area contributed by atoms with Gasteiger partial charge in [0.2, 0.25) is 0 Å². The highest BCUT2D eigenvalue weighted by Gasteiger charge is 2.23. The SMILES string of the molecule is CNC(CN(C)c1cc(C)cc(C)c1)C1CCCCC1. The fourth-order valence-corrected chi connectivity index (χ4v) is 3.58. The van der Waals surface area contributed by atoms with Gasteiger partial charge in [-0.05, 0) is 62.9 Å². The van der Waals surface area contributed by atoms with E-state index in [9.17, 15) is 0 Å². The summed E-state index contributed by atoms with van der Waals surface area (Å²) in [6.07, 6.45) is 7.05. The lowest BCUT2D eigenvalue weighted by Gasteiger charge is -2.34. The van der Waals surface area contributed by atoms with Crippen molar-refractivity contribution in [1.82, 2.24) is 5.32 Å². The topological polar surface area (TPSA) is 15.3 Å². The molecule has 2 heteroatoms. The zero-order valence-electron chi connectivity index (χ0n) is 13.6. The highest BCUT2D eigenvalue weighted by atomic mass is 15.1.